The van der Waals surface area contributed by atoms with Gasteiger partial charge in [-0.3, -0.25) is 14.6 Å². The predicted molar refractivity (Wildman–Crippen MR) is 107 cm³/mol. The van der Waals surface area contributed by atoms with E-state index in [-0.39, 0.29) is 18.5 Å². The summed E-state index contributed by atoms with van der Waals surface area (Å²) in [4.78, 5) is 38.0. The topological polar surface area (TPSA) is 59.5 Å². The van der Waals surface area contributed by atoms with Crippen LogP contribution >= 0.6 is 0 Å². The normalized spacial score (nSPS) is 24.1. The number of carbonyl (C=O) groups excluding carboxylic acids is 2. The van der Waals surface area contributed by atoms with Crippen LogP contribution in [0.15, 0.2) is 53.3 Å². The van der Waals surface area contributed by atoms with Gasteiger partial charge < -0.3 is 9.80 Å². The standard InChI is InChI=1S/C21H25N5O2/c1-6-10-24-14(3)15(4)26-17-18(22-20(24)26)23(5)21(28)25(19(17)27)12-16-9-7-8-13(2)11-16/h6-9,11,17-18H,1,10,12H2,2-5H3. The van der Waals surface area contributed by atoms with Gasteiger partial charge in [-0.15, -0.1) is 6.58 Å². The average Bonchev–Trinajstić information content (AvgIpc) is 3.16. The Morgan fingerprint density at radius 1 is 1.14 bits per heavy atom. The Kier molecular flexibility index (Phi) is 4.25. The molecule has 7 nitrogen and oxygen atoms in total. The summed E-state index contributed by atoms with van der Waals surface area (Å²) in [7, 11) is 1.71. The number of likely N-dealkylation sites (N-methyl/N-ethyl adjacent to an activating group) is 1. The summed E-state index contributed by atoms with van der Waals surface area (Å²) in [5, 5.41) is 0. The summed E-state index contributed by atoms with van der Waals surface area (Å²) < 4.78 is 0. The molecule has 0 aromatic heterocycles. The molecule has 0 spiro atoms. The fourth-order valence-corrected chi connectivity index (χ4v) is 4.17. The summed E-state index contributed by atoms with van der Waals surface area (Å²) in [6, 6.07) is 7.03. The van der Waals surface area contributed by atoms with Gasteiger partial charge in [0.15, 0.2) is 12.2 Å². The van der Waals surface area contributed by atoms with Crippen molar-refractivity contribution in [2.45, 2.75) is 39.5 Å². The number of fused-ring (bicyclic) bond motifs is 3. The van der Waals surface area contributed by atoms with E-state index in [1.165, 1.54) is 4.90 Å². The molecule has 3 amide bonds. The van der Waals surface area contributed by atoms with Crippen LogP contribution in [0.4, 0.5) is 4.79 Å². The van der Waals surface area contributed by atoms with Gasteiger partial charge in [-0.25, -0.2) is 9.79 Å². The molecule has 7 heteroatoms. The number of nitrogens with zero attached hydrogens (tertiary/aromatic N) is 5. The first-order chi connectivity index (χ1) is 13.3. The van der Waals surface area contributed by atoms with Crippen LogP contribution in [0.5, 0.6) is 0 Å². The van der Waals surface area contributed by atoms with Gasteiger partial charge in [0.2, 0.25) is 5.96 Å². The number of carbonyl (C=O) groups is 2. The molecule has 0 aliphatic carbocycles. The zero-order valence-corrected chi connectivity index (χ0v) is 16.7. The van der Waals surface area contributed by atoms with Crippen LogP contribution in [0.25, 0.3) is 0 Å². The summed E-state index contributed by atoms with van der Waals surface area (Å²) in [5.41, 5.74) is 4.07. The molecule has 3 aliphatic rings. The van der Waals surface area contributed by atoms with E-state index in [2.05, 4.69) is 6.58 Å². The van der Waals surface area contributed by atoms with Crippen molar-refractivity contribution < 1.29 is 9.59 Å². The molecule has 2 atom stereocenters. The second-order valence-electron chi connectivity index (χ2n) is 7.53. The van der Waals surface area contributed by atoms with E-state index in [0.717, 1.165) is 28.5 Å². The van der Waals surface area contributed by atoms with Crippen LogP contribution in [-0.2, 0) is 11.3 Å². The molecule has 3 aliphatic heterocycles. The van der Waals surface area contributed by atoms with Gasteiger partial charge in [0.05, 0.1) is 6.54 Å². The molecule has 1 saturated heterocycles. The summed E-state index contributed by atoms with van der Waals surface area (Å²) in [5.74, 6) is 0.510. The maximum atomic E-state index is 13.4. The number of benzene rings is 1. The number of allylic oxidation sites excluding steroid dienone is 2. The van der Waals surface area contributed by atoms with Crippen LogP contribution in [0, 0.1) is 6.92 Å². The molecule has 0 radical (unpaired) electrons. The van der Waals surface area contributed by atoms with Gasteiger partial charge in [-0.05, 0) is 26.3 Å². The van der Waals surface area contributed by atoms with Crippen molar-refractivity contribution in [3.8, 4) is 0 Å². The monoisotopic (exact) mass is 379 g/mol. The average molecular weight is 379 g/mol. The number of hydrogen-bond acceptors (Lipinski definition) is 5. The molecule has 0 bridgehead atoms. The summed E-state index contributed by atoms with van der Waals surface area (Å²) in [6.07, 6.45) is 1.30. The van der Waals surface area contributed by atoms with Crippen molar-refractivity contribution >= 4 is 17.9 Å². The number of amides is 3. The highest BCUT2D eigenvalue weighted by Gasteiger charge is 2.55. The SMILES string of the molecule is C=CCN1C2=NC3C(C(=O)N(Cc4cccc(C)c4)C(=O)N3C)N2C(C)=C1C. The fourth-order valence-electron chi connectivity index (χ4n) is 4.17. The highest BCUT2D eigenvalue weighted by Crippen LogP contribution is 2.37. The zero-order valence-electron chi connectivity index (χ0n) is 16.7. The molecule has 4 rings (SSSR count). The van der Waals surface area contributed by atoms with Gasteiger partial charge >= 0.3 is 6.03 Å². The Labute approximate surface area is 165 Å². The van der Waals surface area contributed by atoms with Crippen LogP contribution in [0.2, 0.25) is 0 Å². The maximum Gasteiger partial charge on any atom is 0.328 e. The third-order valence-electron chi connectivity index (χ3n) is 5.74. The van der Waals surface area contributed by atoms with Crippen LogP contribution in [0.3, 0.4) is 0 Å². The number of aryl methyl sites for hydroxylation is 1. The van der Waals surface area contributed by atoms with Crippen LogP contribution < -0.4 is 0 Å². The van der Waals surface area contributed by atoms with E-state index in [9.17, 15) is 9.59 Å². The van der Waals surface area contributed by atoms with Crippen molar-refractivity contribution in [1.29, 1.82) is 0 Å². The summed E-state index contributed by atoms with van der Waals surface area (Å²) in [6.45, 7) is 10.7. The highest BCUT2D eigenvalue weighted by molar-refractivity contribution is 6.05. The summed E-state index contributed by atoms with van der Waals surface area (Å²) >= 11 is 0. The molecule has 1 aromatic carbocycles. The van der Waals surface area contributed by atoms with E-state index in [1.54, 1.807) is 11.9 Å². The Morgan fingerprint density at radius 2 is 1.89 bits per heavy atom. The molecule has 1 fully saturated rings. The fraction of sp³-hybridized carbons (Fsp3) is 0.381. The van der Waals surface area contributed by atoms with Crippen molar-refractivity contribution in [1.82, 2.24) is 19.6 Å². The van der Waals surface area contributed by atoms with Crippen molar-refractivity contribution in [2.24, 2.45) is 4.99 Å². The Hall–Kier alpha value is -3.09. The van der Waals surface area contributed by atoms with E-state index < -0.39 is 12.2 Å². The molecular formula is C21H25N5O2. The molecule has 2 unspecified atom stereocenters. The molecule has 0 saturated carbocycles. The quantitative estimate of drug-likeness (QED) is 0.755. The second kappa shape index (κ2) is 6.51. The van der Waals surface area contributed by atoms with Crippen molar-refractivity contribution in [2.75, 3.05) is 13.6 Å². The third kappa shape index (κ3) is 2.53. The van der Waals surface area contributed by atoms with E-state index >= 15 is 0 Å². The van der Waals surface area contributed by atoms with E-state index in [1.807, 2.05) is 60.9 Å². The van der Waals surface area contributed by atoms with E-state index in [0.29, 0.717) is 6.54 Å². The number of urea groups is 1. The Balaban J connectivity index is 1.68. The van der Waals surface area contributed by atoms with Crippen molar-refractivity contribution in [3.05, 3.63) is 59.4 Å². The Bertz CT molecular complexity index is 934. The lowest BCUT2D eigenvalue weighted by molar-refractivity contribution is -0.137. The minimum Gasteiger partial charge on any atom is -0.311 e. The first kappa shape index (κ1) is 18.3. The van der Waals surface area contributed by atoms with Crippen LogP contribution in [0.1, 0.15) is 25.0 Å². The smallest absolute Gasteiger partial charge is 0.311 e. The Morgan fingerprint density at radius 3 is 2.57 bits per heavy atom. The minimum atomic E-state index is -0.535. The lowest BCUT2D eigenvalue weighted by atomic mass is 10.1. The minimum absolute atomic E-state index is 0.207. The van der Waals surface area contributed by atoms with Gasteiger partial charge in [0, 0.05) is 25.0 Å². The highest BCUT2D eigenvalue weighted by atomic mass is 16.2. The second-order valence-corrected chi connectivity index (χ2v) is 7.53. The molecule has 1 aromatic rings. The molecule has 146 valence electrons. The largest absolute Gasteiger partial charge is 0.328 e. The first-order valence-corrected chi connectivity index (χ1v) is 9.41. The zero-order chi connectivity index (χ0) is 20.2. The number of aliphatic imine (C=N–C) groups is 1. The first-order valence-electron chi connectivity index (χ1n) is 9.41. The third-order valence-corrected chi connectivity index (χ3v) is 5.74. The van der Waals surface area contributed by atoms with Gasteiger partial charge in [0.25, 0.3) is 5.91 Å². The number of rotatable bonds is 4. The number of hydrogen-bond donors (Lipinski definition) is 0. The van der Waals surface area contributed by atoms with Gasteiger partial charge in [-0.2, -0.15) is 0 Å². The maximum absolute atomic E-state index is 13.4. The predicted octanol–water partition coefficient (Wildman–Crippen LogP) is 2.51. The van der Waals surface area contributed by atoms with E-state index in [4.69, 9.17) is 4.99 Å². The lowest BCUT2D eigenvalue weighted by Crippen LogP contribution is -2.64. The van der Waals surface area contributed by atoms with Crippen molar-refractivity contribution in [3.63, 3.8) is 0 Å². The van der Waals surface area contributed by atoms with Gasteiger partial charge in [0.1, 0.15) is 0 Å². The number of guanidine groups is 1. The van der Waals surface area contributed by atoms with Gasteiger partial charge in [-0.1, -0.05) is 35.9 Å². The molecule has 3 heterocycles. The molecular weight excluding hydrogens is 354 g/mol. The van der Waals surface area contributed by atoms with Crippen LogP contribution in [-0.4, -0.2) is 63.3 Å². The molecule has 0 N–H and O–H groups in total. The molecule has 28 heavy (non-hydrogen) atoms. The lowest BCUT2D eigenvalue weighted by Gasteiger charge is -2.40. The number of imide groups is 1.